The first kappa shape index (κ1) is 11.0. The minimum atomic E-state index is 0.692. The summed E-state index contributed by atoms with van der Waals surface area (Å²) in [5.41, 5.74) is 3.86. The highest BCUT2D eigenvalue weighted by atomic mass is 16.5. The third-order valence-corrected chi connectivity index (χ3v) is 2.95. The van der Waals surface area contributed by atoms with Crippen molar-refractivity contribution in [3.05, 3.63) is 35.5 Å². The molecular formula is C14H15N3O. The third kappa shape index (κ3) is 1.90. The highest BCUT2D eigenvalue weighted by Gasteiger charge is 2.16. The molecule has 1 N–H and O–H groups in total. The Morgan fingerprint density at radius 1 is 1.17 bits per heavy atom. The van der Waals surface area contributed by atoms with Gasteiger partial charge in [-0.15, -0.1) is 0 Å². The number of anilines is 1. The number of pyridine rings is 2. The van der Waals surface area contributed by atoms with Crippen LogP contribution in [-0.2, 0) is 0 Å². The van der Waals surface area contributed by atoms with Gasteiger partial charge in [-0.3, -0.25) is 4.98 Å². The van der Waals surface area contributed by atoms with Crippen molar-refractivity contribution in [2.24, 2.45) is 0 Å². The molecule has 3 heterocycles. The van der Waals surface area contributed by atoms with E-state index in [1.165, 1.54) is 0 Å². The predicted molar refractivity (Wildman–Crippen MR) is 70.9 cm³/mol. The number of ether oxygens (including phenoxy) is 1. The highest BCUT2D eigenvalue weighted by Crippen LogP contribution is 2.32. The van der Waals surface area contributed by atoms with Crippen molar-refractivity contribution in [3.63, 3.8) is 0 Å². The molecule has 2 aromatic rings. The number of fused-ring (bicyclic) bond motifs is 1. The Hall–Kier alpha value is -2.10. The highest BCUT2D eigenvalue weighted by molar-refractivity contribution is 5.65. The third-order valence-electron chi connectivity index (χ3n) is 2.95. The van der Waals surface area contributed by atoms with Crippen LogP contribution in [0, 0.1) is 13.8 Å². The second kappa shape index (κ2) is 4.29. The summed E-state index contributed by atoms with van der Waals surface area (Å²) >= 11 is 0. The Morgan fingerprint density at radius 2 is 2.06 bits per heavy atom. The fourth-order valence-corrected chi connectivity index (χ4v) is 2.10. The number of aromatic nitrogens is 2. The lowest BCUT2D eigenvalue weighted by molar-refractivity contribution is 0.319. The van der Waals surface area contributed by atoms with Gasteiger partial charge in [0.2, 0.25) is 0 Å². The number of rotatable bonds is 1. The normalized spacial score (nSPS) is 13.4. The molecule has 0 aromatic carbocycles. The van der Waals surface area contributed by atoms with Gasteiger partial charge in [0.25, 0.3) is 0 Å². The molecule has 0 saturated carbocycles. The molecule has 0 spiro atoms. The predicted octanol–water partition coefficient (Wildman–Crippen LogP) is 2.56. The van der Waals surface area contributed by atoms with Gasteiger partial charge in [0.1, 0.15) is 6.61 Å². The first-order chi connectivity index (χ1) is 8.74. The van der Waals surface area contributed by atoms with Crippen LogP contribution in [0.15, 0.2) is 24.3 Å². The van der Waals surface area contributed by atoms with Gasteiger partial charge in [-0.2, -0.15) is 0 Å². The monoisotopic (exact) mass is 241 g/mol. The van der Waals surface area contributed by atoms with Gasteiger partial charge in [0.15, 0.2) is 11.6 Å². The van der Waals surface area contributed by atoms with E-state index in [2.05, 4.69) is 15.3 Å². The average Bonchev–Trinajstić information content (AvgIpc) is 2.39. The molecule has 18 heavy (non-hydrogen) atoms. The molecular weight excluding hydrogens is 226 g/mol. The van der Waals surface area contributed by atoms with Crippen LogP contribution < -0.4 is 10.1 Å². The van der Waals surface area contributed by atoms with E-state index in [0.29, 0.717) is 6.61 Å². The molecule has 0 aliphatic carbocycles. The fraction of sp³-hybridized carbons (Fsp3) is 0.286. The Morgan fingerprint density at radius 3 is 2.89 bits per heavy atom. The molecule has 2 aromatic heterocycles. The molecule has 3 rings (SSSR count). The molecule has 0 amide bonds. The lowest BCUT2D eigenvalue weighted by Crippen LogP contribution is -2.20. The maximum atomic E-state index is 5.62. The SMILES string of the molecule is Cc1cccc(-c2cc(C)c3c(n2)NCCO3)n1. The summed E-state index contributed by atoms with van der Waals surface area (Å²) < 4.78 is 5.62. The van der Waals surface area contributed by atoms with Crippen LogP contribution in [0.25, 0.3) is 11.4 Å². The van der Waals surface area contributed by atoms with E-state index in [4.69, 9.17) is 4.74 Å². The van der Waals surface area contributed by atoms with Crippen LogP contribution in [-0.4, -0.2) is 23.1 Å². The van der Waals surface area contributed by atoms with Gasteiger partial charge in [0, 0.05) is 5.69 Å². The first-order valence-electron chi connectivity index (χ1n) is 6.06. The summed E-state index contributed by atoms with van der Waals surface area (Å²) in [5, 5.41) is 3.26. The van der Waals surface area contributed by atoms with Crippen molar-refractivity contribution in [2.75, 3.05) is 18.5 Å². The molecule has 0 unspecified atom stereocenters. The van der Waals surface area contributed by atoms with Crippen LogP contribution in [0.1, 0.15) is 11.3 Å². The summed E-state index contributed by atoms with van der Waals surface area (Å²) in [6, 6.07) is 7.98. The van der Waals surface area contributed by atoms with E-state index in [9.17, 15) is 0 Å². The Bertz CT molecular complexity index is 596. The zero-order valence-electron chi connectivity index (χ0n) is 10.5. The van der Waals surface area contributed by atoms with Crippen molar-refractivity contribution in [1.82, 2.24) is 9.97 Å². The van der Waals surface area contributed by atoms with E-state index in [-0.39, 0.29) is 0 Å². The minimum Gasteiger partial charge on any atom is -0.488 e. The molecule has 4 heteroatoms. The fourth-order valence-electron chi connectivity index (χ4n) is 2.10. The van der Waals surface area contributed by atoms with Crippen molar-refractivity contribution >= 4 is 5.82 Å². The number of nitrogens with zero attached hydrogens (tertiary/aromatic N) is 2. The van der Waals surface area contributed by atoms with Gasteiger partial charge in [-0.05, 0) is 37.6 Å². The molecule has 0 fully saturated rings. The number of aryl methyl sites for hydroxylation is 2. The number of hydrogen-bond donors (Lipinski definition) is 1. The summed E-state index contributed by atoms with van der Waals surface area (Å²) in [6.45, 7) is 5.50. The van der Waals surface area contributed by atoms with Gasteiger partial charge in [-0.25, -0.2) is 4.98 Å². The molecule has 92 valence electrons. The smallest absolute Gasteiger partial charge is 0.169 e. The molecule has 0 radical (unpaired) electrons. The molecule has 4 nitrogen and oxygen atoms in total. The van der Waals surface area contributed by atoms with E-state index in [1.54, 1.807) is 0 Å². The molecule has 1 aliphatic heterocycles. The number of nitrogens with one attached hydrogen (secondary N) is 1. The van der Waals surface area contributed by atoms with Crippen LogP contribution in [0.2, 0.25) is 0 Å². The Labute approximate surface area is 106 Å². The second-order valence-corrected chi connectivity index (χ2v) is 4.44. The molecule has 0 atom stereocenters. The van der Waals surface area contributed by atoms with Gasteiger partial charge >= 0.3 is 0 Å². The summed E-state index contributed by atoms with van der Waals surface area (Å²) in [7, 11) is 0. The van der Waals surface area contributed by atoms with Crippen molar-refractivity contribution in [2.45, 2.75) is 13.8 Å². The van der Waals surface area contributed by atoms with E-state index in [1.807, 2.05) is 38.1 Å². The maximum absolute atomic E-state index is 5.62. The van der Waals surface area contributed by atoms with E-state index >= 15 is 0 Å². The van der Waals surface area contributed by atoms with Crippen LogP contribution in [0.4, 0.5) is 5.82 Å². The topological polar surface area (TPSA) is 47.0 Å². The zero-order chi connectivity index (χ0) is 12.5. The Balaban J connectivity index is 2.11. The van der Waals surface area contributed by atoms with Crippen molar-refractivity contribution < 1.29 is 4.74 Å². The lowest BCUT2D eigenvalue weighted by atomic mass is 10.1. The summed E-state index contributed by atoms with van der Waals surface area (Å²) in [4.78, 5) is 9.09. The minimum absolute atomic E-state index is 0.692. The quantitative estimate of drug-likeness (QED) is 0.833. The first-order valence-corrected chi connectivity index (χ1v) is 6.06. The van der Waals surface area contributed by atoms with Crippen LogP contribution in [0.5, 0.6) is 5.75 Å². The maximum Gasteiger partial charge on any atom is 0.169 e. The van der Waals surface area contributed by atoms with Crippen molar-refractivity contribution in [3.8, 4) is 17.1 Å². The summed E-state index contributed by atoms with van der Waals surface area (Å²) in [5.74, 6) is 1.68. The Kier molecular flexibility index (Phi) is 2.63. The van der Waals surface area contributed by atoms with Gasteiger partial charge in [0.05, 0.1) is 17.9 Å². The van der Waals surface area contributed by atoms with Gasteiger partial charge < -0.3 is 10.1 Å². The largest absolute Gasteiger partial charge is 0.488 e. The van der Waals surface area contributed by atoms with Crippen LogP contribution in [0.3, 0.4) is 0 Å². The zero-order valence-corrected chi connectivity index (χ0v) is 10.5. The average molecular weight is 241 g/mol. The number of hydrogen-bond acceptors (Lipinski definition) is 4. The van der Waals surface area contributed by atoms with Crippen molar-refractivity contribution in [1.29, 1.82) is 0 Å². The van der Waals surface area contributed by atoms with E-state index < -0.39 is 0 Å². The molecule has 0 bridgehead atoms. The lowest BCUT2D eigenvalue weighted by Gasteiger charge is -2.20. The summed E-state index contributed by atoms with van der Waals surface area (Å²) in [6.07, 6.45) is 0. The standard InChI is InChI=1S/C14H15N3O/c1-9-8-12(11-5-3-4-10(2)16-11)17-14-13(9)18-7-6-15-14/h3-5,8H,6-7H2,1-2H3,(H,15,17). The van der Waals surface area contributed by atoms with E-state index in [0.717, 1.165) is 40.8 Å². The second-order valence-electron chi connectivity index (χ2n) is 4.44. The van der Waals surface area contributed by atoms with Gasteiger partial charge in [-0.1, -0.05) is 6.07 Å². The molecule has 1 aliphatic rings. The molecule has 0 saturated heterocycles. The van der Waals surface area contributed by atoms with Crippen LogP contribution >= 0.6 is 0 Å².